The van der Waals surface area contributed by atoms with Gasteiger partial charge in [0.1, 0.15) is 15.6 Å². The maximum absolute atomic E-state index is 11.1. The van der Waals surface area contributed by atoms with Crippen LogP contribution in [0.1, 0.15) is 0 Å². The number of aromatic nitrogens is 2. The number of hydrogen-bond acceptors (Lipinski definition) is 5. The predicted molar refractivity (Wildman–Crippen MR) is 49.9 cm³/mol. The molecule has 1 rings (SSSR count). The Hall–Kier alpha value is -1.37. The molecule has 0 atom stereocenters. The minimum atomic E-state index is -3.11. The fraction of sp³-hybridized carbons (Fsp3) is 0.429. The van der Waals surface area contributed by atoms with Gasteiger partial charge in [0.05, 0.1) is 18.5 Å². The number of rotatable bonds is 3. The lowest BCUT2D eigenvalue weighted by molar-refractivity contribution is 0.461. The van der Waals surface area contributed by atoms with Gasteiger partial charge in [-0.25, -0.2) is 13.1 Å². The third-order valence-corrected chi connectivity index (χ3v) is 2.45. The summed E-state index contributed by atoms with van der Waals surface area (Å²) in [6.07, 6.45) is 2.17. The van der Waals surface area contributed by atoms with Crippen LogP contribution in [0.3, 0.4) is 0 Å². The molecule has 0 fully saturated rings. The molecule has 0 saturated heterocycles. The van der Waals surface area contributed by atoms with Gasteiger partial charge in [-0.15, -0.1) is 0 Å². The van der Waals surface area contributed by atoms with Crippen molar-refractivity contribution in [2.45, 2.75) is 6.54 Å². The van der Waals surface area contributed by atoms with Gasteiger partial charge in [-0.2, -0.15) is 5.10 Å². The molecular formula is C7H10N2O4S. The lowest BCUT2D eigenvalue weighted by Crippen LogP contribution is -2.25. The highest BCUT2D eigenvalue weighted by atomic mass is 32.2. The monoisotopic (exact) mass is 218 g/mol. The molecule has 14 heavy (non-hydrogen) atoms. The Morgan fingerprint density at radius 2 is 2.21 bits per heavy atom. The molecule has 78 valence electrons. The largest absolute Gasteiger partial charge is 0.506 e. The Bertz CT molecular complexity index is 477. The average molecular weight is 218 g/mol. The molecule has 0 aromatic carbocycles. The van der Waals surface area contributed by atoms with Gasteiger partial charge in [0.2, 0.25) is 0 Å². The lowest BCUT2D eigenvalue weighted by atomic mass is 10.5. The Balaban J connectivity index is 2.84. The second-order valence-electron chi connectivity index (χ2n) is 2.91. The molecule has 0 aliphatic heterocycles. The maximum Gasteiger partial charge on any atom is 0.270 e. The van der Waals surface area contributed by atoms with Crippen molar-refractivity contribution in [2.24, 2.45) is 0 Å². The first kappa shape index (κ1) is 10.7. The summed E-state index contributed by atoms with van der Waals surface area (Å²) in [6, 6.07) is 0.981. The molecule has 0 radical (unpaired) electrons. The van der Waals surface area contributed by atoms with Crippen LogP contribution in [0.2, 0.25) is 0 Å². The van der Waals surface area contributed by atoms with Crippen molar-refractivity contribution < 1.29 is 13.5 Å². The Morgan fingerprint density at radius 1 is 1.57 bits per heavy atom. The fourth-order valence-electron chi connectivity index (χ4n) is 0.844. The minimum absolute atomic E-state index is 0.00204. The number of sulfone groups is 1. The van der Waals surface area contributed by atoms with Gasteiger partial charge in [-0.05, 0) is 0 Å². The van der Waals surface area contributed by atoms with Crippen LogP contribution in [0, 0.1) is 0 Å². The van der Waals surface area contributed by atoms with Crippen LogP contribution in [0.15, 0.2) is 17.1 Å². The SMILES string of the molecule is CS(=O)(=O)CCn1ncc(O)cc1=O. The quantitative estimate of drug-likeness (QED) is 0.702. The van der Waals surface area contributed by atoms with Crippen molar-refractivity contribution in [3.8, 4) is 5.75 Å². The molecule has 7 heteroatoms. The first-order chi connectivity index (χ1) is 6.38. The second kappa shape index (κ2) is 3.79. The van der Waals surface area contributed by atoms with Gasteiger partial charge >= 0.3 is 0 Å². The van der Waals surface area contributed by atoms with Crippen LogP contribution < -0.4 is 5.56 Å². The second-order valence-corrected chi connectivity index (χ2v) is 5.16. The summed E-state index contributed by atoms with van der Waals surface area (Å²) in [6.45, 7) is -0.00204. The molecule has 1 aromatic heterocycles. The summed E-state index contributed by atoms with van der Waals surface area (Å²) in [5, 5.41) is 12.4. The number of aryl methyl sites for hydroxylation is 1. The minimum Gasteiger partial charge on any atom is -0.506 e. The van der Waals surface area contributed by atoms with E-state index in [0.717, 1.165) is 23.2 Å². The van der Waals surface area contributed by atoms with Crippen LogP contribution >= 0.6 is 0 Å². The van der Waals surface area contributed by atoms with Crippen molar-refractivity contribution in [1.29, 1.82) is 0 Å². The molecular weight excluding hydrogens is 208 g/mol. The molecule has 0 unspecified atom stereocenters. The van der Waals surface area contributed by atoms with Crippen molar-refractivity contribution in [2.75, 3.05) is 12.0 Å². The molecule has 0 saturated carbocycles. The first-order valence-corrected chi connectivity index (χ1v) is 5.88. The van der Waals surface area contributed by atoms with Crippen LogP contribution in [-0.2, 0) is 16.4 Å². The number of nitrogens with zero attached hydrogens (tertiary/aromatic N) is 2. The summed E-state index contributed by atoms with van der Waals surface area (Å²) < 4.78 is 22.6. The molecule has 0 aliphatic carbocycles. The molecule has 6 nitrogen and oxygen atoms in total. The molecule has 0 bridgehead atoms. The topological polar surface area (TPSA) is 89.3 Å². The summed E-state index contributed by atoms with van der Waals surface area (Å²) in [5.41, 5.74) is -0.520. The molecule has 0 amide bonds. The Morgan fingerprint density at radius 3 is 2.71 bits per heavy atom. The van der Waals surface area contributed by atoms with E-state index >= 15 is 0 Å². The van der Waals surface area contributed by atoms with E-state index in [4.69, 9.17) is 5.11 Å². The van der Waals surface area contributed by atoms with Crippen molar-refractivity contribution in [3.63, 3.8) is 0 Å². The first-order valence-electron chi connectivity index (χ1n) is 3.82. The smallest absolute Gasteiger partial charge is 0.270 e. The highest BCUT2D eigenvalue weighted by Crippen LogP contribution is 1.97. The standard InChI is InChI=1S/C7H10N2O4S/c1-14(12,13)3-2-9-7(11)4-6(10)5-8-9/h4-5,10H,2-3H2,1H3. The van der Waals surface area contributed by atoms with E-state index in [1.807, 2.05) is 0 Å². The lowest BCUT2D eigenvalue weighted by Gasteiger charge is -2.02. The van der Waals surface area contributed by atoms with E-state index in [-0.39, 0.29) is 18.0 Å². The van der Waals surface area contributed by atoms with Gasteiger partial charge in [0, 0.05) is 12.3 Å². The van der Waals surface area contributed by atoms with Gasteiger partial charge in [0.25, 0.3) is 5.56 Å². The van der Waals surface area contributed by atoms with E-state index in [0.29, 0.717) is 0 Å². The maximum atomic E-state index is 11.1. The normalized spacial score (nSPS) is 11.5. The van der Waals surface area contributed by atoms with Crippen LogP contribution in [0.4, 0.5) is 0 Å². The van der Waals surface area contributed by atoms with Gasteiger partial charge < -0.3 is 5.11 Å². The van der Waals surface area contributed by atoms with E-state index in [1.54, 1.807) is 0 Å². The zero-order valence-electron chi connectivity index (χ0n) is 7.54. The van der Waals surface area contributed by atoms with Crippen LogP contribution in [-0.4, -0.2) is 35.3 Å². The summed E-state index contributed by atoms with van der Waals surface area (Å²) in [7, 11) is -3.11. The zero-order chi connectivity index (χ0) is 10.8. The number of aromatic hydroxyl groups is 1. The van der Waals surface area contributed by atoms with Gasteiger partial charge in [-0.1, -0.05) is 0 Å². The predicted octanol–water partition coefficient (Wildman–Crippen LogP) is -1.01. The van der Waals surface area contributed by atoms with E-state index < -0.39 is 15.4 Å². The molecule has 0 aliphatic rings. The van der Waals surface area contributed by atoms with Crippen LogP contribution in [0.5, 0.6) is 5.75 Å². The fourth-order valence-corrected chi connectivity index (χ4v) is 1.35. The molecule has 1 heterocycles. The molecule has 0 spiro atoms. The molecule has 1 aromatic rings. The van der Waals surface area contributed by atoms with E-state index in [1.165, 1.54) is 0 Å². The third-order valence-electron chi connectivity index (χ3n) is 1.53. The summed E-state index contributed by atoms with van der Waals surface area (Å²) >= 11 is 0. The highest BCUT2D eigenvalue weighted by molar-refractivity contribution is 7.90. The summed E-state index contributed by atoms with van der Waals surface area (Å²) in [4.78, 5) is 11.1. The van der Waals surface area contributed by atoms with Crippen molar-refractivity contribution >= 4 is 9.84 Å². The Labute approximate surface area is 80.7 Å². The average Bonchev–Trinajstić information content (AvgIpc) is 2.00. The summed E-state index contributed by atoms with van der Waals surface area (Å²) in [5.74, 6) is -0.379. The van der Waals surface area contributed by atoms with Gasteiger partial charge in [0.15, 0.2) is 0 Å². The van der Waals surface area contributed by atoms with E-state index in [9.17, 15) is 13.2 Å². The zero-order valence-corrected chi connectivity index (χ0v) is 8.36. The van der Waals surface area contributed by atoms with Crippen LogP contribution in [0.25, 0.3) is 0 Å². The van der Waals surface area contributed by atoms with Crippen molar-refractivity contribution in [3.05, 3.63) is 22.6 Å². The van der Waals surface area contributed by atoms with Gasteiger partial charge in [-0.3, -0.25) is 4.79 Å². The van der Waals surface area contributed by atoms with E-state index in [2.05, 4.69) is 5.10 Å². The molecule has 1 N–H and O–H groups in total. The number of hydrogen-bond donors (Lipinski definition) is 1. The Kier molecular flexibility index (Phi) is 2.90. The highest BCUT2D eigenvalue weighted by Gasteiger charge is 2.04. The third kappa shape index (κ3) is 3.17. The van der Waals surface area contributed by atoms with Crippen molar-refractivity contribution in [1.82, 2.24) is 9.78 Å².